The minimum Gasteiger partial charge on any atom is -0.790 e. The Morgan fingerprint density at radius 2 is 1.21 bits per heavy atom. The maximum Gasteiger partial charge on any atom is 0.0596 e. The van der Waals surface area contributed by atoms with E-state index in [1.807, 2.05) is 0 Å². The van der Waals surface area contributed by atoms with Gasteiger partial charge in [-0.3, -0.25) is 0 Å². The van der Waals surface area contributed by atoms with E-state index in [9.17, 15) is 19.5 Å². The lowest BCUT2D eigenvalue weighted by Crippen LogP contribution is -2.16. The van der Waals surface area contributed by atoms with E-state index in [4.69, 9.17) is 0 Å². The molecule has 6 heteroatoms. The van der Waals surface area contributed by atoms with Gasteiger partial charge in [0.15, 0.2) is 0 Å². The maximum absolute atomic E-state index is 10.2. The van der Waals surface area contributed by atoms with E-state index in [2.05, 4.69) is 11.4 Å². The Labute approximate surface area is 148 Å². The number of phosphoric acid groups is 1. The van der Waals surface area contributed by atoms with E-state index in [0.29, 0.717) is 6.42 Å². The van der Waals surface area contributed by atoms with Crippen molar-refractivity contribution in [3.63, 3.8) is 0 Å². The van der Waals surface area contributed by atoms with Crippen molar-refractivity contribution in [1.29, 1.82) is 0 Å². The number of aliphatic hydroxyl groups excluding tert-OH is 1. The number of phosphoric ester groups is 1. The standard InChI is InChI=1S/C18H39O5P/c1-2-3-4-12-15-18(19)16-13-10-8-6-5-7-9-11-14-17-23-24(20,21)22/h18-19H,2-17H2,1H3,(H2,20,21,22)/p-2. The van der Waals surface area contributed by atoms with E-state index in [1.54, 1.807) is 0 Å². The zero-order valence-electron chi connectivity index (χ0n) is 15.4. The van der Waals surface area contributed by atoms with Crippen LogP contribution in [0.4, 0.5) is 0 Å². The summed E-state index contributed by atoms with van der Waals surface area (Å²) >= 11 is 0. The van der Waals surface area contributed by atoms with Crippen LogP contribution in [0.5, 0.6) is 0 Å². The van der Waals surface area contributed by atoms with Gasteiger partial charge in [0.1, 0.15) is 0 Å². The summed E-state index contributed by atoms with van der Waals surface area (Å²) in [6, 6.07) is 0. The average molecular weight is 364 g/mol. The molecule has 0 fully saturated rings. The molecule has 0 heterocycles. The molecule has 0 saturated carbocycles. The number of rotatable bonds is 18. The van der Waals surface area contributed by atoms with Crippen LogP contribution in [0, 0.1) is 0 Å². The van der Waals surface area contributed by atoms with Gasteiger partial charge in [0.25, 0.3) is 0 Å². The molecule has 1 atom stereocenters. The van der Waals surface area contributed by atoms with Gasteiger partial charge in [-0.05, 0) is 19.3 Å². The van der Waals surface area contributed by atoms with Crippen LogP contribution in [0.3, 0.4) is 0 Å². The summed E-state index contributed by atoms with van der Waals surface area (Å²) in [5.41, 5.74) is 0. The fourth-order valence-corrected chi connectivity index (χ4v) is 3.20. The second kappa shape index (κ2) is 16.5. The van der Waals surface area contributed by atoms with Gasteiger partial charge in [-0.15, -0.1) is 0 Å². The maximum atomic E-state index is 10.2. The normalized spacial score (nSPS) is 13.3. The third-order valence-corrected chi connectivity index (χ3v) is 4.82. The van der Waals surface area contributed by atoms with E-state index in [-0.39, 0.29) is 12.7 Å². The molecule has 0 aromatic rings. The van der Waals surface area contributed by atoms with E-state index < -0.39 is 7.82 Å². The van der Waals surface area contributed by atoms with Gasteiger partial charge < -0.3 is 24.0 Å². The lowest BCUT2D eigenvalue weighted by atomic mass is 10.0. The average Bonchev–Trinajstić information content (AvgIpc) is 2.51. The molecule has 0 aliphatic carbocycles. The van der Waals surface area contributed by atoms with Crippen molar-refractivity contribution in [2.75, 3.05) is 6.61 Å². The van der Waals surface area contributed by atoms with Crippen molar-refractivity contribution >= 4 is 7.82 Å². The molecule has 24 heavy (non-hydrogen) atoms. The Hall–Kier alpha value is 0.0700. The molecule has 0 radical (unpaired) electrons. The highest BCUT2D eigenvalue weighted by molar-refractivity contribution is 7.43. The second-order valence-corrected chi connectivity index (χ2v) is 7.91. The van der Waals surface area contributed by atoms with Gasteiger partial charge in [0, 0.05) is 0 Å². The van der Waals surface area contributed by atoms with Crippen molar-refractivity contribution < 1.29 is 24.0 Å². The zero-order chi connectivity index (χ0) is 18.1. The zero-order valence-corrected chi connectivity index (χ0v) is 16.3. The summed E-state index contributed by atoms with van der Waals surface area (Å²) in [5, 5.41) is 9.88. The monoisotopic (exact) mass is 364 g/mol. The molecule has 0 aliphatic heterocycles. The van der Waals surface area contributed by atoms with E-state index in [1.165, 1.54) is 44.9 Å². The van der Waals surface area contributed by atoms with Gasteiger partial charge in [-0.25, -0.2) is 0 Å². The lowest BCUT2D eigenvalue weighted by Gasteiger charge is -2.28. The molecular weight excluding hydrogens is 327 g/mol. The molecular formula is C18H37O5P-2. The van der Waals surface area contributed by atoms with Crippen LogP contribution >= 0.6 is 7.82 Å². The fourth-order valence-electron chi connectivity index (χ4n) is 2.85. The smallest absolute Gasteiger partial charge is 0.0596 e. The summed E-state index contributed by atoms with van der Waals surface area (Å²) in [6.45, 7) is 2.22. The van der Waals surface area contributed by atoms with Gasteiger partial charge in [0.05, 0.1) is 20.5 Å². The predicted molar refractivity (Wildman–Crippen MR) is 94.5 cm³/mol. The highest BCUT2D eigenvalue weighted by Gasteiger charge is 2.03. The highest BCUT2D eigenvalue weighted by Crippen LogP contribution is 2.24. The summed E-state index contributed by atoms with van der Waals surface area (Å²) in [4.78, 5) is 20.5. The highest BCUT2D eigenvalue weighted by atomic mass is 31.2. The Bertz CT molecular complexity index is 306. The number of unbranched alkanes of at least 4 members (excludes halogenated alkanes) is 11. The van der Waals surface area contributed by atoms with Crippen LogP contribution in [0.25, 0.3) is 0 Å². The largest absolute Gasteiger partial charge is 0.790 e. The molecule has 1 unspecified atom stereocenters. The summed E-state index contributed by atoms with van der Waals surface area (Å²) < 4.78 is 14.4. The van der Waals surface area contributed by atoms with Gasteiger partial charge in [-0.1, -0.05) is 84.0 Å². The lowest BCUT2D eigenvalue weighted by molar-refractivity contribution is -0.341. The van der Waals surface area contributed by atoms with Crippen molar-refractivity contribution in [2.45, 2.75) is 109 Å². The SMILES string of the molecule is CCCCCCC(O)CCCCCCCCCCCOP(=O)([O-])[O-]. The minimum atomic E-state index is -4.78. The molecule has 0 spiro atoms. The molecule has 146 valence electrons. The molecule has 0 rings (SSSR count). The van der Waals surface area contributed by atoms with Crippen molar-refractivity contribution in [2.24, 2.45) is 0 Å². The topological polar surface area (TPSA) is 92.7 Å². The molecule has 0 bridgehead atoms. The first kappa shape index (κ1) is 24.1. The number of aliphatic hydroxyl groups is 1. The first-order chi connectivity index (χ1) is 11.5. The Morgan fingerprint density at radius 1 is 0.792 bits per heavy atom. The van der Waals surface area contributed by atoms with Crippen LogP contribution in [0.1, 0.15) is 103 Å². The molecule has 0 aromatic heterocycles. The first-order valence-corrected chi connectivity index (χ1v) is 11.3. The Kier molecular flexibility index (Phi) is 16.6. The molecule has 0 amide bonds. The molecule has 0 aliphatic rings. The first-order valence-electron chi connectivity index (χ1n) is 9.80. The Morgan fingerprint density at radius 3 is 1.67 bits per heavy atom. The van der Waals surface area contributed by atoms with Gasteiger partial charge in [0.2, 0.25) is 0 Å². The minimum absolute atomic E-state index is 0.0189. The third kappa shape index (κ3) is 20.1. The quantitative estimate of drug-likeness (QED) is 0.292. The number of hydrogen-bond acceptors (Lipinski definition) is 5. The molecule has 0 saturated heterocycles. The summed E-state index contributed by atoms with van der Waals surface area (Å²) in [6.07, 6.45) is 16.4. The summed E-state index contributed by atoms with van der Waals surface area (Å²) in [5.74, 6) is 0. The molecule has 0 aromatic carbocycles. The third-order valence-electron chi connectivity index (χ3n) is 4.32. The van der Waals surface area contributed by atoms with Crippen molar-refractivity contribution in [1.82, 2.24) is 0 Å². The van der Waals surface area contributed by atoms with Crippen LogP contribution in [0.2, 0.25) is 0 Å². The summed E-state index contributed by atoms with van der Waals surface area (Å²) in [7, 11) is -4.78. The van der Waals surface area contributed by atoms with E-state index >= 15 is 0 Å². The second-order valence-electron chi connectivity index (χ2n) is 6.75. The van der Waals surface area contributed by atoms with Gasteiger partial charge in [-0.2, -0.15) is 0 Å². The van der Waals surface area contributed by atoms with Gasteiger partial charge >= 0.3 is 0 Å². The molecule has 1 N–H and O–H groups in total. The predicted octanol–water partition coefficient (Wildman–Crippen LogP) is 4.06. The van der Waals surface area contributed by atoms with Crippen molar-refractivity contribution in [3.8, 4) is 0 Å². The van der Waals surface area contributed by atoms with Crippen molar-refractivity contribution in [3.05, 3.63) is 0 Å². The van der Waals surface area contributed by atoms with Crippen LogP contribution in [-0.4, -0.2) is 17.8 Å². The molecule has 5 nitrogen and oxygen atoms in total. The number of hydrogen-bond donors (Lipinski definition) is 1. The van der Waals surface area contributed by atoms with Crippen LogP contribution < -0.4 is 9.79 Å². The van der Waals surface area contributed by atoms with E-state index in [0.717, 1.165) is 44.9 Å². The van der Waals surface area contributed by atoms with Crippen LogP contribution in [-0.2, 0) is 9.09 Å². The Balaban J connectivity index is 3.16. The van der Waals surface area contributed by atoms with Crippen LogP contribution in [0.15, 0.2) is 0 Å². The fraction of sp³-hybridized carbons (Fsp3) is 1.00.